The molecule has 3 rings (SSSR count). The number of thiocarbonyl (C=S) groups is 1. The van der Waals surface area contributed by atoms with Crippen LogP contribution in [0, 0.1) is 0 Å². The third-order valence-corrected chi connectivity index (χ3v) is 3.71. The van der Waals surface area contributed by atoms with E-state index in [1.807, 2.05) is 54.9 Å². The highest BCUT2D eigenvalue weighted by atomic mass is 35.5. The summed E-state index contributed by atoms with van der Waals surface area (Å²) >= 11 is 11.1. The van der Waals surface area contributed by atoms with Crippen LogP contribution >= 0.6 is 23.8 Å². The van der Waals surface area contributed by atoms with Crippen molar-refractivity contribution in [2.75, 3.05) is 0 Å². The van der Waals surface area contributed by atoms with Crippen molar-refractivity contribution in [1.82, 2.24) is 9.78 Å². The van der Waals surface area contributed by atoms with E-state index in [0.29, 0.717) is 10.6 Å². The maximum absolute atomic E-state index is 6.19. The van der Waals surface area contributed by atoms with Gasteiger partial charge < -0.3 is 5.73 Å². The first-order chi connectivity index (χ1) is 10.1. The maximum atomic E-state index is 6.19. The molecule has 0 saturated carbocycles. The van der Waals surface area contributed by atoms with Gasteiger partial charge in [0.05, 0.1) is 16.9 Å². The molecule has 0 aliphatic rings. The lowest BCUT2D eigenvalue weighted by Gasteiger charge is -2.05. The second-order valence-corrected chi connectivity index (χ2v) is 5.42. The highest BCUT2D eigenvalue weighted by molar-refractivity contribution is 7.80. The fraction of sp³-hybridized carbons (Fsp3) is 0. The molecule has 1 heterocycles. The van der Waals surface area contributed by atoms with Crippen molar-refractivity contribution in [3.63, 3.8) is 0 Å². The number of benzene rings is 2. The Bertz CT molecular complexity index is 796. The molecule has 2 N–H and O–H groups in total. The number of halogens is 1. The summed E-state index contributed by atoms with van der Waals surface area (Å²) in [6, 6.07) is 15.6. The Balaban J connectivity index is 1.97. The van der Waals surface area contributed by atoms with Gasteiger partial charge in [0.15, 0.2) is 0 Å². The van der Waals surface area contributed by atoms with E-state index in [9.17, 15) is 0 Å². The molecule has 0 saturated heterocycles. The first kappa shape index (κ1) is 13.8. The topological polar surface area (TPSA) is 43.8 Å². The zero-order chi connectivity index (χ0) is 14.8. The van der Waals surface area contributed by atoms with Gasteiger partial charge in [0, 0.05) is 17.3 Å². The van der Waals surface area contributed by atoms with Gasteiger partial charge in [0.25, 0.3) is 0 Å². The van der Waals surface area contributed by atoms with E-state index in [0.717, 1.165) is 16.8 Å². The summed E-state index contributed by atoms with van der Waals surface area (Å²) in [6.45, 7) is 0. The maximum Gasteiger partial charge on any atom is 0.105 e. The minimum Gasteiger partial charge on any atom is -0.389 e. The molecule has 0 bridgehead atoms. The Morgan fingerprint density at radius 1 is 1.10 bits per heavy atom. The van der Waals surface area contributed by atoms with Gasteiger partial charge in [-0.1, -0.05) is 54.2 Å². The molecule has 3 aromatic rings. The normalized spacial score (nSPS) is 10.5. The second-order valence-electron chi connectivity index (χ2n) is 4.57. The van der Waals surface area contributed by atoms with Crippen LogP contribution in [0.5, 0.6) is 0 Å². The molecule has 0 amide bonds. The van der Waals surface area contributed by atoms with E-state index in [2.05, 4.69) is 5.10 Å². The average Bonchev–Trinajstić information content (AvgIpc) is 2.97. The Morgan fingerprint density at radius 3 is 2.52 bits per heavy atom. The summed E-state index contributed by atoms with van der Waals surface area (Å²) in [5, 5.41) is 4.90. The van der Waals surface area contributed by atoms with Gasteiger partial charge in [-0.2, -0.15) is 5.10 Å². The Kier molecular flexibility index (Phi) is 3.73. The van der Waals surface area contributed by atoms with Crippen LogP contribution in [0.4, 0.5) is 0 Å². The second kappa shape index (κ2) is 5.68. The van der Waals surface area contributed by atoms with Gasteiger partial charge in [-0.15, -0.1) is 0 Å². The van der Waals surface area contributed by atoms with Crippen molar-refractivity contribution in [1.29, 1.82) is 0 Å². The minimum absolute atomic E-state index is 0.289. The molecule has 0 unspecified atom stereocenters. The van der Waals surface area contributed by atoms with Gasteiger partial charge in [-0.05, 0) is 23.8 Å². The van der Waals surface area contributed by atoms with Crippen molar-refractivity contribution in [2.24, 2.45) is 5.73 Å². The van der Waals surface area contributed by atoms with Gasteiger partial charge in [0.1, 0.15) is 4.99 Å². The molecular formula is C16H12ClN3S. The predicted octanol–water partition coefficient (Wildman–Crippen LogP) is 3.83. The summed E-state index contributed by atoms with van der Waals surface area (Å²) in [4.78, 5) is 0.289. The number of rotatable bonds is 3. The standard InChI is InChI=1S/C16H12ClN3S/c17-15-8-13(6-7-14(15)16(18)21)20-10-12(9-19-20)11-4-2-1-3-5-11/h1-10H,(H2,18,21). The van der Waals surface area contributed by atoms with Crippen molar-refractivity contribution >= 4 is 28.8 Å². The lowest BCUT2D eigenvalue weighted by molar-refractivity contribution is 0.880. The van der Waals surface area contributed by atoms with Crippen LogP contribution in [-0.4, -0.2) is 14.8 Å². The molecule has 0 aliphatic heterocycles. The van der Waals surface area contributed by atoms with Crippen LogP contribution in [0.25, 0.3) is 16.8 Å². The summed E-state index contributed by atoms with van der Waals surface area (Å²) in [6.07, 6.45) is 3.78. The van der Waals surface area contributed by atoms with E-state index >= 15 is 0 Å². The van der Waals surface area contributed by atoms with Crippen LogP contribution in [-0.2, 0) is 0 Å². The Labute approximate surface area is 133 Å². The molecule has 3 nitrogen and oxygen atoms in total. The average molecular weight is 314 g/mol. The lowest BCUT2D eigenvalue weighted by Crippen LogP contribution is -2.10. The van der Waals surface area contributed by atoms with Crippen LogP contribution in [0.1, 0.15) is 5.56 Å². The Hall–Kier alpha value is -2.17. The summed E-state index contributed by atoms with van der Waals surface area (Å²) in [5.74, 6) is 0. The molecule has 2 aromatic carbocycles. The first-order valence-electron chi connectivity index (χ1n) is 6.35. The predicted molar refractivity (Wildman–Crippen MR) is 89.9 cm³/mol. The van der Waals surface area contributed by atoms with Crippen molar-refractivity contribution < 1.29 is 0 Å². The number of hydrogen-bond acceptors (Lipinski definition) is 2. The smallest absolute Gasteiger partial charge is 0.105 e. The SMILES string of the molecule is NC(=S)c1ccc(-n2cc(-c3ccccc3)cn2)cc1Cl. The number of hydrogen-bond donors (Lipinski definition) is 1. The third kappa shape index (κ3) is 2.82. The molecule has 1 aromatic heterocycles. The monoisotopic (exact) mass is 313 g/mol. The summed E-state index contributed by atoms with van der Waals surface area (Å²) in [7, 11) is 0. The van der Waals surface area contributed by atoms with Gasteiger partial charge in [-0.3, -0.25) is 0 Å². The van der Waals surface area contributed by atoms with Crippen LogP contribution in [0.3, 0.4) is 0 Å². The fourth-order valence-corrected chi connectivity index (χ4v) is 2.60. The van der Waals surface area contributed by atoms with Crippen molar-refractivity contribution in [2.45, 2.75) is 0 Å². The zero-order valence-electron chi connectivity index (χ0n) is 11.0. The van der Waals surface area contributed by atoms with E-state index in [1.54, 1.807) is 10.7 Å². The molecule has 0 atom stereocenters. The highest BCUT2D eigenvalue weighted by Gasteiger charge is 2.07. The third-order valence-electron chi connectivity index (χ3n) is 3.17. The van der Waals surface area contributed by atoms with E-state index in [-0.39, 0.29) is 4.99 Å². The summed E-state index contributed by atoms with van der Waals surface area (Å²) in [5.41, 5.74) is 9.31. The van der Waals surface area contributed by atoms with Crippen LogP contribution in [0.2, 0.25) is 5.02 Å². The number of nitrogens with two attached hydrogens (primary N) is 1. The number of aromatic nitrogens is 2. The molecule has 5 heteroatoms. The molecule has 0 spiro atoms. The van der Waals surface area contributed by atoms with Gasteiger partial charge in [-0.25, -0.2) is 4.68 Å². The molecule has 21 heavy (non-hydrogen) atoms. The number of nitrogens with zero attached hydrogens (tertiary/aromatic N) is 2. The molecular weight excluding hydrogens is 302 g/mol. The zero-order valence-corrected chi connectivity index (χ0v) is 12.6. The van der Waals surface area contributed by atoms with Crippen LogP contribution < -0.4 is 5.73 Å². The van der Waals surface area contributed by atoms with Crippen molar-refractivity contribution in [3.05, 3.63) is 71.5 Å². The quantitative estimate of drug-likeness (QED) is 0.747. The van der Waals surface area contributed by atoms with E-state index in [4.69, 9.17) is 29.6 Å². The fourth-order valence-electron chi connectivity index (χ4n) is 2.09. The molecule has 104 valence electrons. The minimum atomic E-state index is 0.289. The van der Waals surface area contributed by atoms with Crippen LogP contribution in [0.15, 0.2) is 60.9 Å². The van der Waals surface area contributed by atoms with Gasteiger partial charge >= 0.3 is 0 Å². The van der Waals surface area contributed by atoms with E-state index < -0.39 is 0 Å². The van der Waals surface area contributed by atoms with Gasteiger partial charge in [0.2, 0.25) is 0 Å². The largest absolute Gasteiger partial charge is 0.389 e. The van der Waals surface area contributed by atoms with Crippen molar-refractivity contribution in [3.8, 4) is 16.8 Å². The first-order valence-corrected chi connectivity index (χ1v) is 7.13. The Morgan fingerprint density at radius 2 is 1.86 bits per heavy atom. The molecule has 0 fully saturated rings. The van der Waals surface area contributed by atoms with E-state index in [1.165, 1.54) is 0 Å². The lowest BCUT2D eigenvalue weighted by atomic mass is 10.1. The highest BCUT2D eigenvalue weighted by Crippen LogP contribution is 2.23. The molecule has 0 radical (unpaired) electrons. The molecule has 0 aliphatic carbocycles. The summed E-state index contributed by atoms with van der Waals surface area (Å²) < 4.78 is 1.78.